The van der Waals surface area contributed by atoms with Gasteiger partial charge in [-0.1, -0.05) is 121 Å². The highest BCUT2D eigenvalue weighted by Gasteiger charge is 2.14. The summed E-state index contributed by atoms with van der Waals surface area (Å²) in [5.41, 5.74) is 0.985. The first-order valence-corrected chi connectivity index (χ1v) is 19.9. The van der Waals surface area contributed by atoms with E-state index in [2.05, 4.69) is 6.92 Å². The Morgan fingerprint density at radius 3 is 1.06 bits per heavy atom. The summed E-state index contributed by atoms with van der Waals surface area (Å²) in [6, 6.07) is 6.53. The third-order valence-corrected chi connectivity index (χ3v) is 9.10. The van der Waals surface area contributed by atoms with E-state index in [0.29, 0.717) is 66.1 Å². The minimum Gasteiger partial charge on any atom is -0.379 e. The Labute approximate surface area is 287 Å². The third kappa shape index (κ3) is 29.5. The van der Waals surface area contributed by atoms with Crippen LogP contribution in [-0.2, 0) is 42.7 Å². The molecule has 0 radical (unpaired) electrons. The van der Waals surface area contributed by atoms with Crippen molar-refractivity contribution in [2.75, 3.05) is 85.9 Å². The first-order chi connectivity index (χ1) is 23.1. The maximum absolute atomic E-state index is 12.1. The molecule has 0 N–H and O–H groups in total. The monoisotopic (exact) mass is 688 g/mol. The molecule has 0 heterocycles. The zero-order chi connectivity index (χ0) is 33.9. The molecule has 1 aromatic rings. The number of unbranched alkanes of at least 4 members (excludes halogenated alkanes) is 15. The molecule has 1 rings (SSSR count). The molecule has 1 aromatic carbocycles. The van der Waals surface area contributed by atoms with Crippen LogP contribution in [0.25, 0.3) is 0 Å². The summed E-state index contributed by atoms with van der Waals surface area (Å²) in [6.07, 6.45) is 22.1. The fourth-order valence-electron chi connectivity index (χ4n) is 4.93. The fourth-order valence-corrected chi connectivity index (χ4v) is 5.82. The first kappa shape index (κ1) is 43.9. The Morgan fingerprint density at radius 1 is 0.404 bits per heavy atom. The first-order valence-electron chi connectivity index (χ1n) is 18.5. The smallest absolute Gasteiger partial charge is 0.297 e. The van der Waals surface area contributed by atoms with Crippen molar-refractivity contribution in [3.63, 3.8) is 0 Å². The van der Waals surface area contributed by atoms with Gasteiger partial charge in [-0.15, -0.1) is 0 Å². The van der Waals surface area contributed by atoms with E-state index in [1.807, 2.05) is 6.92 Å². The summed E-state index contributed by atoms with van der Waals surface area (Å²) < 4.78 is 62.2. The molecule has 0 saturated heterocycles. The largest absolute Gasteiger partial charge is 0.379 e. The Balaban J connectivity index is 1.67. The molecular weight excluding hydrogens is 620 g/mol. The Bertz CT molecular complexity index is 880. The molecule has 10 heteroatoms. The normalized spacial score (nSPS) is 11.9. The summed E-state index contributed by atoms with van der Waals surface area (Å²) in [4.78, 5) is 0.140. The summed E-state index contributed by atoms with van der Waals surface area (Å²) in [5.74, 6) is 0. The number of ether oxygens (including phenoxy) is 6. The van der Waals surface area contributed by atoms with Gasteiger partial charge in [-0.25, -0.2) is 0 Å². The van der Waals surface area contributed by atoms with Gasteiger partial charge in [0.2, 0.25) is 0 Å². The SMILES string of the molecule is CCCCCCCCCCCCCCCCCCOCCOCCOCCOCCOCCOCCOS(=O)(=O)c1ccc(C)cc1. The van der Waals surface area contributed by atoms with E-state index in [9.17, 15) is 8.42 Å². The zero-order valence-corrected chi connectivity index (χ0v) is 30.7. The Hall–Kier alpha value is -1.11. The van der Waals surface area contributed by atoms with Crippen LogP contribution in [-0.4, -0.2) is 94.3 Å². The molecule has 276 valence electrons. The molecule has 0 atom stereocenters. The summed E-state index contributed by atoms with van der Waals surface area (Å²) in [5, 5.41) is 0. The lowest BCUT2D eigenvalue weighted by atomic mass is 10.0. The maximum Gasteiger partial charge on any atom is 0.297 e. The van der Waals surface area contributed by atoms with Crippen LogP contribution < -0.4 is 0 Å². The van der Waals surface area contributed by atoms with Crippen molar-refractivity contribution in [3.05, 3.63) is 29.8 Å². The van der Waals surface area contributed by atoms with Crippen molar-refractivity contribution in [1.29, 1.82) is 0 Å². The van der Waals surface area contributed by atoms with Crippen molar-refractivity contribution in [1.82, 2.24) is 0 Å². The van der Waals surface area contributed by atoms with E-state index in [0.717, 1.165) is 18.6 Å². The number of aryl methyl sites for hydroxylation is 1. The van der Waals surface area contributed by atoms with Crippen LogP contribution >= 0.6 is 0 Å². The van der Waals surface area contributed by atoms with E-state index in [4.69, 9.17) is 32.6 Å². The van der Waals surface area contributed by atoms with Gasteiger partial charge >= 0.3 is 0 Å². The van der Waals surface area contributed by atoms with Crippen molar-refractivity contribution >= 4 is 10.1 Å². The molecule has 0 aliphatic heterocycles. The molecule has 0 aliphatic rings. The Kier molecular flexibility index (Phi) is 31.2. The second kappa shape index (κ2) is 33.4. The fraction of sp³-hybridized carbons (Fsp3) is 0.838. The molecule has 0 spiro atoms. The molecule has 0 amide bonds. The number of hydrogen-bond donors (Lipinski definition) is 0. The van der Waals surface area contributed by atoms with Crippen LogP contribution in [0.1, 0.15) is 115 Å². The van der Waals surface area contributed by atoms with E-state index < -0.39 is 10.1 Å². The lowest BCUT2D eigenvalue weighted by Crippen LogP contribution is -2.15. The standard InChI is InChI=1S/C37H68O9S/c1-3-4-5-6-7-8-9-10-11-12-13-14-15-16-17-18-23-40-24-25-41-26-27-42-28-29-43-30-31-44-32-33-45-34-35-46-47(38,39)37-21-19-36(2)20-22-37/h19-22H,3-18,23-35H2,1-2H3. The maximum atomic E-state index is 12.1. The highest BCUT2D eigenvalue weighted by atomic mass is 32.2. The van der Waals surface area contributed by atoms with E-state index in [1.165, 1.54) is 108 Å². The summed E-state index contributed by atoms with van der Waals surface area (Å²) >= 11 is 0. The average Bonchev–Trinajstić information content (AvgIpc) is 3.06. The van der Waals surface area contributed by atoms with Gasteiger partial charge < -0.3 is 28.4 Å². The molecule has 0 bridgehead atoms. The van der Waals surface area contributed by atoms with Gasteiger partial charge in [0.25, 0.3) is 10.1 Å². The summed E-state index contributed by atoms with van der Waals surface area (Å²) in [7, 11) is -3.76. The van der Waals surface area contributed by atoms with Crippen molar-refractivity contribution < 1.29 is 41.0 Å². The van der Waals surface area contributed by atoms with Crippen LogP contribution in [0.2, 0.25) is 0 Å². The minimum atomic E-state index is -3.76. The topological polar surface area (TPSA) is 98.8 Å². The average molecular weight is 689 g/mol. The predicted molar refractivity (Wildman–Crippen MR) is 189 cm³/mol. The van der Waals surface area contributed by atoms with Crippen molar-refractivity contribution in [3.8, 4) is 0 Å². The number of benzene rings is 1. The van der Waals surface area contributed by atoms with Crippen LogP contribution in [0.5, 0.6) is 0 Å². The van der Waals surface area contributed by atoms with Crippen LogP contribution in [0.15, 0.2) is 29.2 Å². The molecule has 9 nitrogen and oxygen atoms in total. The quantitative estimate of drug-likeness (QED) is 0.0508. The van der Waals surface area contributed by atoms with E-state index >= 15 is 0 Å². The lowest BCUT2D eigenvalue weighted by Gasteiger charge is -2.09. The van der Waals surface area contributed by atoms with Gasteiger partial charge in [-0.2, -0.15) is 8.42 Å². The zero-order valence-electron chi connectivity index (χ0n) is 29.9. The van der Waals surface area contributed by atoms with E-state index in [-0.39, 0.29) is 18.1 Å². The second-order valence-electron chi connectivity index (χ2n) is 12.1. The molecule has 0 aliphatic carbocycles. The molecule has 47 heavy (non-hydrogen) atoms. The lowest BCUT2D eigenvalue weighted by molar-refractivity contribution is -0.0178. The molecule has 0 unspecified atom stereocenters. The van der Waals surface area contributed by atoms with Gasteiger partial charge in [-0.05, 0) is 25.5 Å². The van der Waals surface area contributed by atoms with Gasteiger partial charge in [0.1, 0.15) is 0 Å². The predicted octanol–water partition coefficient (Wildman–Crippen LogP) is 8.06. The van der Waals surface area contributed by atoms with Crippen LogP contribution in [0.4, 0.5) is 0 Å². The Morgan fingerprint density at radius 2 is 0.702 bits per heavy atom. The molecule has 0 fully saturated rings. The summed E-state index contributed by atoms with van der Waals surface area (Å²) in [6.45, 7) is 10.1. The number of rotatable bonds is 37. The van der Waals surface area contributed by atoms with Crippen molar-refractivity contribution in [2.45, 2.75) is 121 Å². The van der Waals surface area contributed by atoms with Crippen LogP contribution in [0.3, 0.4) is 0 Å². The van der Waals surface area contributed by atoms with Crippen LogP contribution in [0, 0.1) is 6.92 Å². The van der Waals surface area contributed by atoms with Gasteiger partial charge in [0.05, 0.1) is 84.2 Å². The van der Waals surface area contributed by atoms with Gasteiger partial charge in [0.15, 0.2) is 0 Å². The molecular formula is C37H68O9S. The van der Waals surface area contributed by atoms with E-state index in [1.54, 1.807) is 12.1 Å². The second-order valence-corrected chi connectivity index (χ2v) is 13.7. The molecule has 0 aromatic heterocycles. The number of hydrogen-bond acceptors (Lipinski definition) is 9. The highest BCUT2D eigenvalue weighted by molar-refractivity contribution is 7.86. The van der Waals surface area contributed by atoms with Crippen molar-refractivity contribution in [2.24, 2.45) is 0 Å². The van der Waals surface area contributed by atoms with Gasteiger partial charge in [0, 0.05) is 6.61 Å². The highest BCUT2D eigenvalue weighted by Crippen LogP contribution is 2.14. The molecule has 0 saturated carbocycles. The minimum absolute atomic E-state index is 0.0439. The third-order valence-electron chi connectivity index (χ3n) is 7.78. The van der Waals surface area contributed by atoms with Gasteiger partial charge in [-0.3, -0.25) is 4.18 Å².